The van der Waals surface area contributed by atoms with E-state index in [1.807, 2.05) is 0 Å². The van der Waals surface area contributed by atoms with Crippen LogP contribution >= 0.6 is 0 Å². The summed E-state index contributed by atoms with van der Waals surface area (Å²) >= 11 is 0. The van der Waals surface area contributed by atoms with Gasteiger partial charge in [-0.1, -0.05) is 0 Å². The molecular weight excluding hydrogens is 382 g/mol. The van der Waals surface area contributed by atoms with E-state index in [2.05, 4.69) is 5.32 Å². The van der Waals surface area contributed by atoms with E-state index < -0.39 is 15.6 Å². The molecule has 1 aromatic carbocycles. The standard InChI is InChI=1S/C19H25N3O5S/c1-19(2,24)8-18(23)21-9-13-11-22(12-14(13)10-21)28(25,26)15-3-4-17-16(7-15)20-5-6-27-17/h3-4,7,20,24H,5-6,8-12H2,1-2H3. The predicted octanol–water partition coefficient (Wildman–Crippen LogP) is 0.795. The number of amides is 1. The van der Waals surface area contributed by atoms with E-state index in [1.165, 1.54) is 4.31 Å². The molecule has 3 aliphatic rings. The molecule has 0 aliphatic carbocycles. The van der Waals surface area contributed by atoms with Crippen LogP contribution in [0.15, 0.2) is 34.2 Å². The highest BCUT2D eigenvalue weighted by atomic mass is 32.2. The number of sulfonamides is 1. The van der Waals surface area contributed by atoms with Gasteiger partial charge in [-0.3, -0.25) is 4.79 Å². The number of aliphatic hydroxyl groups is 1. The first-order valence-electron chi connectivity index (χ1n) is 9.34. The topological polar surface area (TPSA) is 99.2 Å². The van der Waals surface area contributed by atoms with E-state index in [4.69, 9.17) is 4.74 Å². The fourth-order valence-electron chi connectivity index (χ4n) is 3.80. The highest BCUT2D eigenvalue weighted by molar-refractivity contribution is 7.89. The molecular formula is C19H25N3O5S. The van der Waals surface area contributed by atoms with Gasteiger partial charge in [-0.25, -0.2) is 8.42 Å². The van der Waals surface area contributed by atoms with Crippen molar-refractivity contribution < 1.29 is 23.1 Å². The smallest absolute Gasteiger partial charge is 0.243 e. The van der Waals surface area contributed by atoms with Crippen LogP contribution in [0, 0.1) is 0 Å². The number of hydrogen-bond acceptors (Lipinski definition) is 6. The molecule has 3 aliphatic heterocycles. The molecule has 0 fully saturated rings. The number of nitrogens with zero attached hydrogens (tertiary/aromatic N) is 2. The molecule has 4 rings (SSSR count). The molecule has 8 nitrogen and oxygen atoms in total. The first-order valence-corrected chi connectivity index (χ1v) is 10.8. The maximum Gasteiger partial charge on any atom is 0.243 e. The lowest BCUT2D eigenvalue weighted by atomic mass is 10.1. The third-order valence-corrected chi connectivity index (χ3v) is 6.99. The molecule has 0 radical (unpaired) electrons. The Hall–Kier alpha value is -2.10. The van der Waals surface area contributed by atoms with Crippen molar-refractivity contribution in [3.8, 4) is 5.75 Å². The normalized spacial score (nSPS) is 19.9. The van der Waals surface area contributed by atoms with Crippen molar-refractivity contribution in [1.29, 1.82) is 0 Å². The van der Waals surface area contributed by atoms with Crippen LogP contribution in [0.2, 0.25) is 0 Å². The van der Waals surface area contributed by atoms with Crippen LogP contribution in [-0.4, -0.2) is 73.6 Å². The first-order chi connectivity index (χ1) is 13.1. The molecule has 0 aromatic heterocycles. The molecule has 1 aromatic rings. The number of hydrogen-bond donors (Lipinski definition) is 2. The van der Waals surface area contributed by atoms with Crippen LogP contribution in [-0.2, 0) is 14.8 Å². The quantitative estimate of drug-likeness (QED) is 0.716. The largest absolute Gasteiger partial charge is 0.490 e. The molecule has 28 heavy (non-hydrogen) atoms. The lowest BCUT2D eigenvalue weighted by molar-refractivity contribution is -0.134. The molecule has 0 spiro atoms. The van der Waals surface area contributed by atoms with Gasteiger partial charge in [-0.2, -0.15) is 4.31 Å². The molecule has 152 valence electrons. The van der Waals surface area contributed by atoms with Crippen LogP contribution < -0.4 is 10.1 Å². The van der Waals surface area contributed by atoms with Crippen molar-refractivity contribution >= 4 is 21.6 Å². The van der Waals surface area contributed by atoms with Gasteiger partial charge >= 0.3 is 0 Å². The van der Waals surface area contributed by atoms with Crippen LogP contribution in [0.25, 0.3) is 0 Å². The van der Waals surface area contributed by atoms with Gasteiger partial charge in [0.1, 0.15) is 12.4 Å². The number of anilines is 1. The van der Waals surface area contributed by atoms with Crippen molar-refractivity contribution in [3.63, 3.8) is 0 Å². The molecule has 2 N–H and O–H groups in total. The van der Waals surface area contributed by atoms with Gasteiger partial charge in [0.25, 0.3) is 0 Å². The lowest BCUT2D eigenvalue weighted by Gasteiger charge is -2.25. The second-order valence-corrected chi connectivity index (χ2v) is 10.1. The van der Waals surface area contributed by atoms with Gasteiger partial charge in [0.2, 0.25) is 15.9 Å². The highest BCUT2D eigenvalue weighted by Crippen LogP contribution is 2.34. The molecule has 0 saturated heterocycles. The Morgan fingerprint density at radius 3 is 2.54 bits per heavy atom. The van der Waals surface area contributed by atoms with Gasteiger partial charge < -0.3 is 20.1 Å². The summed E-state index contributed by atoms with van der Waals surface area (Å²) in [5, 5.41) is 13.0. The fraction of sp³-hybridized carbons (Fsp3) is 0.526. The molecule has 3 heterocycles. The van der Waals surface area contributed by atoms with E-state index in [0.717, 1.165) is 11.1 Å². The van der Waals surface area contributed by atoms with Gasteiger partial charge in [-0.15, -0.1) is 0 Å². The molecule has 0 atom stereocenters. The average Bonchev–Trinajstić information content (AvgIpc) is 3.19. The molecule has 9 heteroatoms. The second kappa shape index (κ2) is 6.75. The third kappa shape index (κ3) is 3.61. The van der Waals surface area contributed by atoms with Crippen molar-refractivity contribution in [2.45, 2.75) is 30.8 Å². The van der Waals surface area contributed by atoms with E-state index >= 15 is 0 Å². The summed E-state index contributed by atoms with van der Waals surface area (Å²) in [6.45, 7) is 5.86. The fourth-order valence-corrected chi connectivity index (χ4v) is 5.26. The number of benzene rings is 1. The van der Waals surface area contributed by atoms with E-state index in [1.54, 1.807) is 36.9 Å². The van der Waals surface area contributed by atoms with Gasteiger partial charge in [0.05, 0.1) is 22.6 Å². The number of carbonyl (C=O) groups is 1. The summed E-state index contributed by atoms with van der Waals surface area (Å²) in [7, 11) is -3.63. The van der Waals surface area contributed by atoms with E-state index in [-0.39, 0.29) is 17.2 Å². The number of rotatable bonds is 4. The van der Waals surface area contributed by atoms with Crippen molar-refractivity contribution in [2.24, 2.45) is 0 Å². The Labute approximate surface area is 164 Å². The minimum Gasteiger partial charge on any atom is -0.490 e. The Kier molecular flexibility index (Phi) is 4.64. The Morgan fingerprint density at radius 1 is 1.21 bits per heavy atom. The van der Waals surface area contributed by atoms with Crippen molar-refractivity contribution in [3.05, 3.63) is 29.3 Å². The Balaban J connectivity index is 1.44. The molecule has 0 saturated carbocycles. The third-order valence-electron chi connectivity index (χ3n) is 5.20. The monoisotopic (exact) mass is 407 g/mol. The van der Waals surface area contributed by atoms with Crippen molar-refractivity contribution in [1.82, 2.24) is 9.21 Å². The molecule has 0 unspecified atom stereocenters. The first kappa shape index (κ1) is 19.2. The van der Waals surface area contributed by atoms with Gasteiger partial charge in [0.15, 0.2) is 0 Å². The molecule has 1 amide bonds. The number of fused-ring (bicyclic) bond motifs is 1. The minimum atomic E-state index is -3.63. The summed E-state index contributed by atoms with van der Waals surface area (Å²) in [4.78, 5) is 14.2. The zero-order valence-corrected chi connectivity index (χ0v) is 16.9. The van der Waals surface area contributed by atoms with Gasteiger partial charge in [-0.05, 0) is 43.2 Å². The zero-order valence-electron chi connectivity index (χ0n) is 16.1. The maximum absolute atomic E-state index is 13.1. The summed E-state index contributed by atoms with van der Waals surface area (Å²) < 4.78 is 33.1. The van der Waals surface area contributed by atoms with Gasteiger partial charge in [0, 0.05) is 32.7 Å². The van der Waals surface area contributed by atoms with E-state index in [9.17, 15) is 18.3 Å². The molecule has 0 bridgehead atoms. The zero-order chi connectivity index (χ0) is 20.1. The number of carbonyl (C=O) groups excluding carboxylic acids is 1. The second-order valence-electron chi connectivity index (χ2n) is 8.15. The van der Waals surface area contributed by atoms with Crippen LogP contribution in [0.3, 0.4) is 0 Å². The average molecular weight is 407 g/mol. The highest BCUT2D eigenvalue weighted by Gasteiger charge is 2.38. The number of ether oxygens (including phenoxy) is 1. The van der Waals surface area contributed by atoms with Crippen LogP contribution in [0.1, 0.15) is 20.3 Å². The van der Waals surface area contributed by atoms with Crippen LogP contribution in [0.4, 0.5) is 5.69 Å². The SMILES string of the molecule is CC(C)(O)CC(=O)N1CC2=C(C1)CN(S(=O)(=O)c1ccc3c(c1)NCCO3)C2. The van der Waals surface area contributed by atoms with E-state index in [0.29, 0.717) is 50.8 Å². The summed E-state index contributed by atoms with van der Waals surface area (Å²) in [6, 6.07) is 4.87. The summed E-state index contributed by atoms with van der Waals surface area (Å²) in [6.07, 6.45) is 0.0553. The van der Waals surface area contributed by atoms with Crippen molar-refractivity contribution in [2.75, 3.05) is 44.6 Å². The Morgan fingerprint density at radius 2 is 1.89 bits per heavy atom. The minimum absolute atomic E-state index is 0.0553. The lowest BCUT2D eigenvalue weighted by Crippen LogP contribution is -2.39. The predicted molar refractivity (Wildman–Crippen MR) is 104 cm³/mol. The summed E-state index contributed by atoms with van der Waals surface area (Å²) in [5.74, 6) is 0.547. The maximum atomic E-state index is 13.1. The Bertz CT molecular complexity index is 931. The number of nitrogens with one attached hydrogen (secondary N) is 1. The van der Waals surface area contributed by atoms with Crippen LogP contribution in [0.5, 0.6) is 5.75 Å². The summed E-state index contributed by atoms with van der Waals surface area (Å²) in [5.41, 5.74) is 1.60.